The average molecular weight is 591 g/mol. The van der Waals surface area contributed by atoms with Crippen molar-refractivity contribution in [3.63, 3.8) is 0 Å². The Balaban J connectivity index is 0.000000295. The molecule has 3 aromatic rings. The fourth-order valence-electron chi connectivity index (χ4n) is 3.60. The lowest BCUT2D eigenvalue weighted by molar-refractivity contribution is -0.134. The van der Waals surface area contributed by atoms with Crippen LogP contribution in [0, 0.1) is 0 Å². The molecule has 0 radical (unpaired) electrons. The zero-order valence-corrected chi connectivity index (χ0v) is 23.8. The molecule has 220 valence electrons. The van der Waals surface area contributed by atoms with E-state index in [1.807, 2.05) is 48.3 Å². The van der Waals surface area contributed by atoms with Crippen molar-refractivity contribution in [2.24, 2.45) is 4.99 Å². The van der Waals surface area contributed by atoms with Crippen LogP contribution in [0.4, 0.5) is 17.1 Å². The van der Waals surface area contributed by atoms with E-state index in [1.165, 1.54) is 6.08 Å². The highest BCUT2D eigenvalue weighted by molar-refractivity contribution is 6.32. The van der Waals surface area contributed by atoms with Crippen LogP contribution >= 0.6 is 11.6 Å². The average Bonchev–Trinajstić information content (AvgIpc) is 2.99. The van der Waals surface area contributed by atoms with E-state index >= 15 is 0 Å². The van der Waals surface area contributed by atoms with Gasteiger partial charge in [0.15, 0.2) is 5.78 Å². The van der Waals surface area contributed by atoms with Gasteiger partial charge in [0.1, 0.15) is 0 Å². The number of piperidine rings is 1. The second kappa shape index (κ2) is 16.5. The first kappa shape index (κ1) is 33.4. The molecular weight excluding hydrogens is 556 g/mol. The number of carbonyl (C=O) groups excluding carboxylic acids is 4. The summed E-state index contributed by atoms with van der Waals surface area (Å²) in [6.45, 7) is 2.15. The number of amides is 2. The maximum atomic E-state index is 11.6. The van der Waals surface area contributed by atoms with Gasteiger partial charge in [0.25, 0.3) is 5.91 Å². The molecule has 1 aliphatic heterocycles. The summed E-state index contributed by atoms with van der Waals surface area (Å²) in [5.74, 6) is -1.44. The summed E-state index contributed by atoms with van der Waals surface area (Å²) in [4.78, 5) is 52.0. The number of imide groups is 1. The number of alkyl halides is 1. The van der Waals surface area contributed by atoms with Crippen LogP contribution in [0.2, 0.25) is 0 Å². The number of hydrogen-bond acceptors (Lipinski definition) is 7. The molecule has 1 heterocycles. The summed E-state index contributed by atoms with van der Waals surface area (Å²) < 4.78 is 4.95. The minimum Gasteiger partial charge on any atom is -0.462 e. The molecule has 10 heteroatoms. The van der Waals surface area contributed by atoms with Crippen LogP contribution in [-0.2, 0) is 25.0 Å². The largest absolute Gasteiger partial charge is 0.462 e. The van der Waals surface area contributed by atoms with Gasteiger partial charge in [0.05, 0.1) is 36.2 Å². The Labute approximate surface area is 251 Å². The van der Waals surface area contributed by atoms with Gasteiger partial charge in [-0.15, -0.1) is 11.6 Å². The zero-order chi connectivity index (χ0) is 29.8. The molecule has 0 aromatic heterocycles. The lowest BCUT2D eigenvalue weighted by Gasteiger charge is -2.13. The van der Waals surface area contributed by atoms with Crippen LogP contribution in [0.15, 0.2) is 83.4 Å². The van der Waals surface area contributed by atoms with Crippen molar-refractivity contribution < 1.29 is 23.9 Å². The number of esters is 1. The van der Waals surface area contributed by atoms with Crippen molar-refractivity contribution in [1.29, 1.82) is 0 Å². The van der Waals surface area contributed by atoms with E-state index in [0.717, 1.165) is 28.2 Å². The number of nitrogens with one attached hydrogen (secondary N) is 2. The standard InChI is InChI=1S/C18H19ClN2O2.C13H12N2O3.CH4/c1-3-23-18(22)15-6-8-16(9-7-15)20-13-21(2)17-10-4-14(12-19)5-11-17;1-14-9-4-2-8(3-5-9)6-10-11(16)7-12(17)15-13(10)18;/h4-11,13H,3,12H2,1-2H3;2-6,14H,7H2,1H3,(H,15,17,18);1H4/b;10-6+;. The minimum atomic E-state index is -0.631. The second-order valence-corrected chi connectivity index (χ2v) is 9.10. The van der Waals surface area contributed by atoms with Crippen molar-refractivity contribution in [2.45, 2.75) is 26.7 Å². The van der Waals surface area contributed by atoms with E-state index in [2.05, 4.69) is 15.6 Å². The zero-order valence-electron chi connectivity index (χ0n) is 23.0. The van der Waals surface area contributed by atoms with Crippen molar-refractivity contribution in [2.75, 3.05) is 30.9 Å². The number of nitrogens with zero attached hydrogens (tertiary/aromatic N) is 2. The molecule has 0 aliphatic carbocycles. The molecule has 0 bridgehead atoms. The van der Waals surface area contributed by atoms with E-state index in [4.69, 9.17) is 16.3 Å². The van der Waals surface area contributed by atoms with E-state index in [9.17, 15) is 19.2 Å². The molecule has 2 N–H and O–H groups in total. The van der Waals surface area contributed by atoms with E-state index < -0.39 is 17.6 Å². The predicted octanol–water partition coefficient (Wildman–Crippen LogP) is 5.76. The number of rotatable bonds is 8. The van der Waals surface area contributed by atoms with Crippen LogP contribution in [0.25, 0.3) is 6.08 Å². The highest BCUT2D eigenvalue weighted by Gasteiger charge is 2.28. The third kappa shape index (κ3) is 9.71. The Morgan fingerprint density at radius 3 is 2.21 bits per heavy atom. The topological polar surface area (TPSA) is 117 Å². The van der Waals surface area contributed by atoms with Crippen LogP contribution in [0.5, 0.6) is 0 Å². The van der Waals surface area contributed by atoms with Crippen LogP contribution in [0.3, 0.4) is 0 Å². The van der Waals surface area contributed by atoms with Gasteiger partial charge in [-0.25, -0.2) is 9.79 Å². The maximum Gasteiger partial charge on any atom is 0.338 e. The molecule has 1 fully saturated rings. The van der Waals surface area contributed by atoms with Gasteiger partial charge >= 0.3 is 5.97 Å². The first-order valence-corrected chi connectivity index (χ1v) is 13.3. The Morgan fingerprint density at radius 1 is 1.02 bits per heavy atom. The molecule has 1 saturated heterocycles. The van der Waals surface area contributed by atoms with Crippen LogP contribution in [0.1, 0.15) is 42.3 Å². The Bertz CT molecular complexity index is 1410. The number of Topliss-reactive ketones (excluding diaryl/α,β-unsaturated/α-hetero) is 1. The predicted molar refractivity (Wildman–Crippen MR) is 168 cm³/mol. The smallest absolute Gasteiger partial charge is 0.338 e. The highest BCUT2D eigenvalue weighted by atomic mass is 35.5. The van der Waals surface area contributed by atoms with Gasteiger partial charge in [-0.1, -0.05) is 31.7 Å². The monoisotopic (exact) mass is 590 g/mol. The van der Waals surface area contributed by atoms with E-state index in [-0.39, 0.29) is 25.4 Å². The molecule has 2 amide bonds. The summed E-state index contributed by atoms with van der Waals surface area (Å²) in [5, 5.41) is 5.09. The molecule has 3 aromatic carbocycles. The minimum absolute atomic E-state index is 0. The molecule has 42 heavy (non-hydrogen) atoms. The lowest BCUT2D eigenvalue weighted by Crippen LogP contribution is -2.40. The lowest BCUT2D eigenvalue weighted by atomic mass is 10.0. The number of carbonyl (C=O) groups is 4. The molecule has 0 atom stereocenters. The molecule has 0 unspecified atom stereocenters. The summed E-state index contributed by atoms with van der Waals surface area (Å²) in [5.41, 5.74) is 5.08. The maximum absolute atomic E-state index is 11.6. The summed E-state index contributed by atoms with van der Waals surface area (Å²) >= 11 is 5.78. The van der Waals surface area contributed by atoms with Crippen molar-refractivity contribution in [1.82, 2.24) is 5.32 Å². The number of ketones is 1. The Kier molecular flexibility index (Phi) is 13.1. The number of aliphatic imine (C=N–C) groups is 1. The highest BCUT2D eigenvalue weighted by Crippen LogP contribution is 2.17. The fraction of sp³-hybridized carbons (Fsp3) is 0.219. The van der Waals surface area contributed by atoms with E-state index in [1.54, 1.807) is 56.7 Å². The molecule has 1 aliphatic rings. The molecular formula is C32H35ClN4O5. The van der Waals surface area contributed by atoms with Gasteiger partial charge in [-0.2, -0.15) is 0 Å². The van der Waals surface area contributed by atoms with Gasteiger partial charge in [-0.05, 0) is 72.7 Å². The van der Waals surface area contributed by atoms with Gasteiger partial charge in [-0.3, -0.25) is 19.7 Å². The molecule has 4 rings (SSSR count). The molecule has 0 spiro atoms. The van der Waals surface area contributed by atoms with Gasteiger partial charge in [0, 0.05) is 31.4 Å². The summed E-state index contributed by atoms with van der Waals surface area (Å²) in [6.07, 6.45) is 2.95. The first-order chi connectivity index (χ1) is 19.7. The third-order valence-corrected chi connectivity index (χ3v) is 6.19. The van der Waals surface area contributed by atoms with Crippen molar-refractivity contribution in [3.05, 3.63) is 95.1 Å². The molecule has 9 nitrogen and oxygen atoms in total. The van der Waals surface area contributed by atoms with Crippen molar-refractivity contribution in [3.8, 4) is 0 Å². The van der Waals surface area contributed by atoms with Gasteiger partial charge < -0.3 is 15.0 Å². The molecule has 0 saturated carbocycles. The first-order valence-electron chi connectivity index (χ1n) is 12.8. The number of hydrogen-bond donors (Lipinski definition) is 2. The van der Waals surface area contributed by atoms with Crippen LogP contribution < -0.4 is 15.5 Å². The summed E-state index contributed by atoms with van der Waals surface area (Å²) in [6, 6.07) is 22.2. The number of anilines is 2. The van der Waals surface area contributed by atoms with E-state index in [0.29, 0.717) is 18.1 Å². The second-order valence-electron chi connectivity index (χ2n) is 8.83. The quantitative estimate of drug-likeness (QED) is 0.0500. The SMILES string of the molecule is C.CCOC(=O)c1ccc(N=CN(C)c2ccc(CCl)cc2)cc1.CNc1ccc(/C=C2\C(=O)CC(=O)NC2=O)cc1. The number of halogens is 1. The number of benzene rings is 3. The van der Waals surface area contributed by atoms with Crippen LogP contribution in [-0.4, -0.2) is 50.6 Å². The van der Waals surface area contributed by atoms with Gasteiger partial charge in [0.2, 0.25) is 5.91 Å². The Morgan fingerprint density at radius 2 is 1.67 bits per heavy atom. The fourth-order valence-corrected chi connectivity index (χ4v) is 3.78. The Hall–Kier alpha value is -4.76. The summed E-state index contributed by atoms with van der Waals surface area (Å²) in [7, 11) is 3.73. The van der Waals surface area contributed by atoms with Crippen molar-refractivity contribution >= 4 is 64.6 Å². The third-order valence-electron chi connectivity index (χ3n) is 5.89. The normalized spacial score (nSPS) is 13.5. The number of ether oxygens (including phenoxy) is 1.